The monoisotopic (exact) mass is 659 g/mol. The van der Waals surface area contributed by atoms with Crippen molar-refractivity contribution in [3.05, 3.63) is 33.1 Å². The van der Waals surface area contributed by atoms with E-state index in [1.54, 1.807) is 0 Å². The van der Waals surface area contributed by atoms with Gasteiger partial charge in [-0.05, 0) is 6.42 Å². The van der Waals surface area contributed by atoms with E-state index in [-0.39, 0.29) is 13.1 Å². The number of carboxylic acid groups (broad SMARTS) is 1. The molecular weight excluding hydrogens is 610 g/mol. The van der Waals surface area contributed by atoms with Crippen molar-refractivity contribution < 1.29 is 49.3 Å². The second kappa shape index (κ2) is 18.4. The van der Waals surface area contributed by atoms with E-state index in [2.05, 4.69) is 17.6 Å². The number of nitrogens with one attached hydrogen (secondary N) is 3. The minimum Gasteiger partial charge on any atom is -0.480 e. The molecule has 2 aliphatic heterocycles. The molecular formula is C29H49N5O12. The first-order chi connectivity index (χ1) is 22.0. The summed E-state index contributed by atoms with van der Waals surface area (Å²) in [5.41, 5.74) is 3.86. The molecule has 0 aliphatic carbocycles. The van der Waals surface area contributed by atoms with Crippen LogP contribution in [0.25, 0.3) is 0 Å². The predicted octanol–water partition coefficient (Wildman–Crippen LogP) is -1.38. The van der Waals surface area contributed by atoms with Crippen molar-refractivity contribution in [2.75, 3.05) is 13.1 Å². The number of rotatable bonds is 19. The molecule has 0 saturated carbocycles. The molecule has 46 heavy (non-hydrogen) atoms. The van der Waals surface area contributed by atoms with E-state index in [0.29, 0.717) is 6.42 Å². The molecule has 3 heterocycles. The summed E-state index contributed by atoms with van der Waals surface area (Å²) >= 11 is 0. The number of aromatic amines is 1. The minimum absolute atomic E-state index is 0.219. The van der Waals surface area contributed by atoms with Gasteiger partial charge in [0.1, 0.15) is 42.7 Å². The molecule has 262 valence electrons. The Labute approximate surface area is 266 Å². The first kappa shape index (κ1) is 37.6. The van der Waals surface area contributed by atoms with Gasteiger partial charge in [0.2, 0.25) is 0 Å². The minimum atomic E-state index is -1.95. The number of unbranched alkanes of at least 4 members (excludes halogenated alkanes) is 9. The Bertz CT molecular complexity index is 1210. The average molecular weight is 660 g/mol. The molecule has 10 N–H and O–H groups in total. The Hall–Kier alpha value is -2.90. The number of H-pyrrole nitrogens is 1. The summed E-state index contributed by atoms with van der Waals surface area (Å²) in [6.45, 7) is 2.22. The van der Waals surface area contributed by atoms with Crippen molar-refractivity contribution in [2.45, 2.75) is 132 Å². The van der Waals surface area contributed by atoms with Crippen molar-refractivity contribution in [1.82, 2.24) is 20.2 Å². The van der Waals surface area contributed by atoms with Gasteiger partial charge >= 0.3 is 17.7 Å². The molecule has 3 rings (SSSR count). The molecule has 0 unspecified atom stereocenters. The third-order valence-corrected chi connectivity index (χ3v) is 8.26. The fourth-order valence-electron chi connectivity index (χ4n) is 5.63. The predicted molar refractivity (Wildman–Crippen MR) is 162 cm³/mol. The molecule has 0 aromatic carbocycles. The highest BCUT2D eigenvalue weighted by Gasteiger charge is 2.54. The van der Waals surface area contributed by atoms with Gasteiger partial charge < -0.3 is 56.1 Å². The molecule has 17 heteroatoms. The SMILES string of the molecule is CCCCCCCCCCCCNC(=O)N[C@H](C(=O)O)[C@H](O[C@@H]1O[C@H](CN)[C@@H](O)[C@H]1O)[C@H]1O[C@@H](n2ccc(=O)[nH]c2=O)[C@H](O)[C@@H]1O. The Morgan fingerprint density at radius 3 is 2.15 bits per heavy atom. The number of nitrogens with two attached hydrogens (primary N) is 1. The standard InChI is InChI=1S/C29H49N5O12/c1-2-3-4-5-6-7-8-9-10-11-13-31-28(42)33-18(26(40)41)23(46-27-22(39)19(36)16(15-30)44-27)24-20(37)21(38)25(45-24)34-14-12-17(35)32-29(34)43/h12,14,16,18-25,27,36-39H,2-11,13,15,30H2,1H3,(H,40,41)(H2,31,33,42)(H,32,35,43)/t16-,18+,19-,20+,21-,22-,23+,24+,25-,27+/m1/s1. The van der Waals surface area contributed by atoms with Crippen molar-refractivity contribution in [3.8, 4) is 0 Å². The van der Waals surface area contributed by atoms with E-state index in [0.717, 1.165) is 42.5 Å². The summed E-state index contributed by atoms with van der Waals surface area (Å²) in [7, 11) is 0. The van der Waals surface area contributed by atoms with Gasteiger partial charge in [0.15, 0.2) is 18.6 Å². The third-order valence-electron chi connectivity index (χ3n) is 8.26. The van der Waals surface area contributed by atoms with Crippen LogP contribution >= 0.6 is 0 Å². The topological polar surface area (TPSA) is 268 Å². The summed E-state index contributed by atoms with van der Waals surface area (Å²) in [6.07, 6.45) is -2.88. The van der Waals surface area contributed by atoms with Crippen LogP contribution < -0.4 is 27.6 Å². The van der Waals surface area contributed by atoms with Crippen LogP contribution in [0.4, 0.5) is 4.79 Å². The summed E-state index contributed by atoms with van der Waals surface area (Å²) in [6, 6.07) is -1.84. The van der Waals surface area contributed by atoms with Crippen LogP contribution in [-0.4, -0.2) is 115 Å². The maximum Gasteiger partial charge on any atom is 0.330 e. The lowest BCUT2D eigenvalue weighted by molar-refractivity contribution is -0.227. The quantitative estimate of drug-likeness (QED) is 0.0776. The van der Waals surface area contributed by atoms with Gasteiger partial charge in [-0.3, -0.25) is 14.3 Å². The van der Waals surface area contributed by atoms with Crippen molar-refractivity contribution in [1.29, 1.82) is 0 Å². The number of aromatic nitrogens is 2. The number of aliphatic hydroxyl groups is 4. The number of aliphatic hydroxyl groups excluding tert-OH is 4. The zero-order valence-corrected chi connectivity index (χ0v) is 26.0. The van der Waals surface area contributed by atoms with E-state index < -0.39 is 84.5 Å². The highest BCUT2D eigenvalue weighted by Crippen LogP contribution is 2.34. The Balaban J connectivity index is 1.68. The number of carbonyl (C=O) groups excluding carboxylic acids is 1. The molecule has 10 atom stereocenters. The van der Waals surface area contributed by atoms with E-state index in [1.807, 2.05) is 4.98 Å². The van der Waals surface area contributed by atoms with Gasteiger partial charge in [-0.25, -0.2) is 14.4 Å². The molecule has 1 aromatic rings. The molecule has 1 aromatic heterocycles. The number of urea groups is 1. The molecule has 2 aliphatic rings. The number of ether oxygens (including phenoxy) is 3. The number of aliphatic carboxylic acids is 1. The number of amides is 2. The molecule has 2 amide bonds. The van der Waals surface area contributed by atoms with Crippen LogP contribution in [-0.2, 0) is 19.0 Å². The van der Waals surface area contributed by atoms with Crippen molar-refractivity contribution in [2.24, 2.45) is 5.73 Å². The van der Waals surface area contributed by atoms with Gasteiger partial charge in [0.25, 0.3) is 5.56 Å². The molecule has 2 fully saturated rings. The molecule has 0 radical (unpaired) electrons. The fraction of sp³-hybridized carbons (Fsp3) is 0.793. The molecule has 0 bridgehead atoms. The van der Waals surface area contributed by atoms with Crippen LogP contribution in [0.1, 0.15) is 77.4 Å². The number of hydrogen-bond acceptors (Lipinski definition) is 12. The van der Waals surface area contributed by atoms with Crippen LogP contribution in [0, 0.1) is 0 Å². The molecule has 17 nitrogen and oxygen atoms in total. The first-order valence-electron chi connectivity index (χ1n) is 16.0. The first-order valence-corrected chi connectivity index (χ1v) is 16.0. The number of hydrogen-bond donors (Lipinski definition) is 9. The van der Waals surface area contributed by atoms with Gasteiger partial charge in [-0.1, -0.05) is 64.7 Å². The smallest absolute Gasteiger partial charge is 0.330 e. The van der Waals surface area contributed by atoms with E-state index in [9.17, 15) is 44.7 Å². The van der Waals surface area contributed by atoms with Gasteiger partial charge in [-0.2, -0.15) is 0 Å². The second-order valence-corrected chi connectivity index (χ2v) is 11.7. The summed E-state index contributed by atoms with van der Waals surface area (Å²) < 4.78 is 17.7. The number of nitrogens with zero attached hydrogens (tertiary/aromatic N) is 1. The lowest BCUT2D eigenvalue weighted by Gasteiger charge is -2.33. The molecule has 2 saturated heterocycles. The zero-order valence-electron chi connectivity index (χ0n) is 26.0. The Morgan fingerprint density at radius 2 is 1.59 bits per heavy atom. The van der Waals surface area contributed by atoms with E-state index in [1.165, 1.54) is 32.1 Å². The number of carbonyl (C=O) groups is 2. The highest BCUT2D eigenvalue weighted by atomic mass is 16.7. The zero-order chi connectivity index (χ0) is 33.8. The van der Waals surface area contributed by atoms with Crippen LogP contribution in [0.5, 0.6) is 0 Å². The van der Waals surface area contributed by atoms with Gasteiger partial charge in [0, 0.05) is 25.4 Å². The van der Waals surface area contributed by atoms with Crippen molar-refractivity contribution in [3.63, 3.8) is 0 Å². The molecule has 0 spiro atoms. The Morgan fingerprint density at radius 1 is 0.957 bits per heavy atom. The Kier molecular flexibility index (Phi) is 15.1. The van der Waals surface area contributed by atoms with Crippen LogP contribution in [0.15, 0.2) is 21.9 Å². The summed E-state index contributed by atoms with van der Waals surface area (Å²) in [5, 5.41) is 57.4. The number of carboxylic acids is 1. The summed E-state index contributed by atoms with van der Waals surface area (Å²) in [4.78, 5) is 51.1. The maximum atomic E-state index is 12.8. The summed E-state index contributed by atoms with van der Waals surface area (Å²) in [5.74, 6) is -1.63. The van der Waals surface area contributed by atoms with E-state index in [4.69, 9.17) is 19.9 Å². The van der Waals surface area contributed by atoms with Gasteiger partial charge in [0.05, 0.1) is 0 Å². The normalized spacial score (nSPS) is 29.0. The maximum absolute atomic E-state index is 12.8. The lowest BCUT2D eigenvalue weighted by atomic mass is 9.99. The fourth-order valence-corrected chi connectivity index (χ4v) is 5.63. The lowest BCUT2D eigenvalue weighted by Crippen LogP contribution is -2.59. The van der Waals surface area contributed by atoms with Gasteiger partial charge in [-0.15, -0.1) is 0 Å². The highest BCUT2D eigenvalue weighted by molar-refractivity contribution is 5.83. The largest absolute Gasteiger partial charge is 0.480 e. The van der Waals surface area contributed by atoms with Crippen molar-refractivity contribution >= 4 is 12.0 Å². The van der Waals surface area contributed by atoms with Crippen LogP contribution in [0.3, 0.4) is 0 Å². The van der Waals surface area contributed by atoms with Crippen LogP contribution in [0.2, 0.25) is 0 Å². The average Bonchev–Trinajstić information content (AvgIpc) is 3.46. The second-order valence-electron chi connectivity index (χ2n) is 11.7. The van der Waals surface area contributed by atoms with E-state index >= 15 is 0 Å². The third kappa shape index (κ3) is 10.0.